The van der Waals surface area contributed by atoms with Crippen molar-refractivity contribution in [1.29, 1.82) is 0 Å². The Balaban J connectivity index is 2.41. The van der Waals surface area contributed by atoms with Gasteiger partial charge in [0.2, 0.25) is 0 Å². The summed E-state index contributed by atoms with van der Waals surface area (Å²) in [5.41, 5.74) is 0.197. The van der Waals surface area contributed by atoms with E-state index in [-0.39, 0.29) is 23.6 Å². The second-order valence-electron chi connectivity index (χ2n) is 3.77. The number of hydrogen-bond donors (Lipinski definition) is 3. The predicted molar refractivity (Wildman–Crippen MR) is 69.6 cm³/mol. The molecule has 0 saturated carbocycles. The van der Waals surface area contributed by atoms with E-state index in [0.717, 1.165) is 0 Å². The van der Waals surface area contributed by atoms with E-state index in [9.17, 15) is 14.7 Å². The normalized spacial score (nSPS) is 10.1. The van der Waals surface area contributed by atoms with Gasteiger partial charge in [0.25, 0.3) is 5.91 Å². The first-order chi connectivity index (χ1) is 8.50. The maximum atomic E-state index is 11.7. The zero-order valence-electron chi connectivity index (χ0n) is 9.65. The minimum atomic E-state index is -0.842. The van der Waals surface area contributed by atoms with Crippen molar-refractivity contribution in [3.05, 3.63) is 28.2 Å². The first-order valence-electron chi connectivity index (χ1n) is 5.49. The molecule has 0 spiro atoms. The van der Waals surface area contributed by atoms with Crippen LogP contribution in [-0.2, 0) is 4.79 Å². The van der Waals surface area contributed by atoms with E-state index in [0.29, 0.717) is 23.9 Å². The van der Waals surface area contributed by atoms with Gasteiger partial charge in [0.1, 0.15) is 5.75 Å². The van der Waals surface area contributed by atoms with Gasteiger partial charge in [-0.2, -0.15) is 0 Å². The van der Waals surface area contributed by atoms with Crippen LogP contribution in [0, 0.1) is 0 Å². The van der Waals surface area contributed by atoms with Crippen LogP contribution in [0.4, 0.5) is 0 Å². The molecule has 0 heterocycles. The number of unbranched alkanes of at least 4 members (excludes halogenated alkanes) is 1. The third-order valence-corrected chi connectivity index (χ3v) is 2.80. The highest BCUT2D eigenvalue weighted by molar-refractivity contribution is 9.10. The topological polar surface area (TPSA) is 86.6 Å². The molecule has 0 unspecified atom stereocenters. The highest BCUT2D eigenvalue weighted by Crippen LogP contribution is 2.21. The molecule has 0 saturated heterocycles. The molecule has 0 aliphatic rings. The van der Waals surface area contributed by atoms with Gasteiger partial charge in [-0.1, -0.05) is 15.9 Å². The SMILES string of the molecule is O=C(O)CCCCNC(=O)c1cc(Br)ccc1O. The summed E-state index contributed by atoms with van der Waals surface area (Å²) < 4.78 is 0.705. The van der Waals surface area contributed by atoms with Crippen molar-refractivity contribution >= 4 is 27.8 Å². The minimum absolute atomic E-state index is 0.0822. The number of amides is 1. The summed E-state index contributed by atoms with van der Waals surface area (Å²) in [6.07, 6.45) is 1.20. The number of rotatable bonds is 6. The van der Waals surface area contributed by atoms with Crippen LogP contribution >= 0.6 is 15.9 Å². The number of aromatic hydroxyl groups is 1. The molecule has 1 amide bonds. The first-order valence-corrected chi connectivity index (χ1v) is 6.28. The van der Waals surface area contributed by atoms with Crippen LogP contribution in [0.1, 0.15) is 29.6 Å². The van der Waals surface area contributed by atoms with Crippen LogP contribution in [0.3, 0.4) is 0 Å². The van der Waals surface area contributed by atoms with Gasteiger partial charge in [-0.3, -0.25) is 9.59 Å². The maximum Gasteiger partial charge on any atom is 0.303 e. The fraction of sp³-hybridized carbons (Fsp3) is 0.333. The van der Waals surface area contributed by atoms with Crippen LogP contribution in [0.5, 0.6) is 5.75 Å². The molecule has 6 heteroatoms. The summed E-state index contributed by atoms with van der Waals surface area (Å²) in [5.74, 6) is -1.30. The zero-order chi connectivity index (χ0) is 13.5. The van der Waals surface area contributed by atoms with E-state index in [1.54, 1.807) is 6.07 Å². The second kappa shape index (κ2) is 7.00. The van der Waals surface area contributed by atoms with E-state index in [1.165, 1.54) is 12.1 Å². The number of carboxylic acids is 1. The van der Waals surface area contributed by atoms with Crippen molar-refractivity contribution in [2.45, 2.75) is 19.3 Å². The van der Waals surface area contributed by atoms with Gasteiger partial charge in [0, 0.05) is 17.4 Å². The number of hydrogen-bond acceptors (Lipinski definition) is 3. The van der Waals surface area contributed by atoms with Crippen molar-refractivity contribution in [2.24, 2.45) is 0 Å². The zero-order valence-corrected chi connectivity index (χ0v) is 11.2. The van der Waals surface area contributed by atoms with Crippen LogP contribution in [0.15, 0.2) is 22.7 Å². The highest BCUT2D eigenvalue weighted by Gasteiger charge is 2.10. The summed E-state index contributed by atoms with van der Waals surface area (Å²) >= 11 is 3.22. The number of carboxylic acid groups (broad SMARTS) is 1. The molecule has 1 aromatic rings. The number of carbonyl (C=O) groups excluding carboxylic acids is 1. The summed E-state index contributed by atoms with van der Waals surface area (Å²) in [4.78, 5) is 22.0. The van der Waals surface area contributed by atoms with Crippen LogP contribution in [-0.4, -0.2) is 28.6 Å². The molecule has 1 aromatic carbocycles. The standard InChI is InChI=1S/C12H14BrNO4/c13-8-4-5-10(15)9(7-8)12(18)14-6-2-1-3-11(16)17/h4-5,7,15H,1-3,6H2,(H,14,18)(H,16,17). The Labute approximate surface area is 113 Å². The summed E-state index contributed by atoms with van der Waals surface area (Å²) in [6, 6.07) is 4.60. The van der Waals surface area contributed by atoms with Gasteiger partial charge in [-0.25, -0.2) is 0 Å². The van der Waals surface area contributed by atoms with Crippen molar-refractivity contribution in [1.82, 2.24) is 5.32 Å². The summed E-state index contributed by atoms with van der Waals surface area (Å²) in [7, 11) is 0. The Morgan fingerprint density at radius 1 is 1.28 bits per heavy atom. The van der Waals surface area contributed by atoms with Gasteiger partial charge in [-0.05, 0) is 31.0 Å². The molecule has 1 rings (SSSR count). The Hall–Kier alpha value is -1.56. The molecule has 3 N–H and O–H groups in total. The van der Waals surface area contributed by atoms with Crippen LogP contribution in [0.2, 0.25) is 0 Å². The molecule has 0 aliphatic carbocycles. The minimum Gasteiger partial charge on any atom is -0.507 e. The number of benzene rings is 1. The fourth-order valence-electron chi connectivity index (χ4n) is 1.39. The quantitative estimate of drug-likeness (QED) is 0.702. The molecule has 98 valence electrons. The van der Waals surface area contributed by atoms with Crippen molar-refractivity contribution in [2.75, 3.05) is 6.54 Å². The maximum absolute atomic E-state index is 11.7. The van der Waals surface area contributed by atoms with Crippen molar-refractivity contribution in [3.8, 4) is 5.75 Å². The number of carbonyl (C=O) groups is 2. The van der Waals surface area contributed by atoms with Crippen molar-refractivity contribution < 1.29 is 19.8 Å². The molecule has 5 nitrogen and oxygen atoms in total. The molecular weight excluding hydrogens is 302 g/mol. The van der Waals surface area contributed by atoms with Gasteiger partial charge in [0.05, 0.1) is 5.56 Å². The summed E-state index contributed by atoms with van der Waals surface area (Å²) in [5, 5.41) is 20.6. The smallest absolute Gasteiger partial charge is 0.303 e. The number of nitrogens with one attached hydrogen (secondary N) is 1. The van der Waals surface area contributed by atoms with Crippen molar-refractivity contribution in [3.63, 3.8) is 0 Å². The van der Waals surface area contributed by atoms with Gasteiger partial charge >= 0.3 is 5.97 Å². The Morgan fingerprint density at radius 2 is 2.00 bits per heavy atom. The van der Waals surface area contributed by atoms with Gasteiger partial charge in [-0.15, -0.1) is 0 Å². The van der Waals surface area contributed by atoms with Crippen LogP contribution < -0.4 is 5.32 Å². The number of phenols is 1. The average Bonchev–Trinajstić information content (AvgIpc) is 2.31. The van der Waals surface area contributed by atoms with Gasteiger partial charge < -0.3 is 15.5 Å². The molecule has 18 heavy (non-hydrogen) atoms. The monoisotopic (exact) mass is 315 g/mol. The van der Waals surface area contributed by atoms with Gasteiger partial charge in [0.15, 0.2) is 0 Å². The molecule has 0 radical (unpaired) electrons. The average molecular weight is 316 g/mol. The third kappa shape index (κ3) is 4.75. The number of aliphatic carboxylic acids is 1. The van der Waals surface area contributed by atoms with Crippen LogP contribution in [0.25, 0.3) is 0 Å². The lowest BCUT2D eigenvalue weighted by Crippen LogP contribution is -2.24. The Morgan fingerprint density at radius 3 is 2.67 bits per heavy atom. The lowest BCUT2D eigenvalue weighted by molar-refractivity contribution is -0.137. The largest absolute Gasteiger partial charge is 0.507 e. The third-order valence-electron chi connectivity index (χ3n) is 2.31. The number of phenolic OH excluding ortho intramolecular Hbond substituents is 1. The lowest BCUT2D eigenvalue weighted by atomic mass is 10.2. The first kappa shape index (κ1) is 14.5. The molecule has 0 fully saturated rings. The Bertz CT molecular complexity index is 448. The molecule has 0 atom stereocenters. The summed E-state index contributed by atoms with van der Waals surface area (Å²) in [6.45, 7) is 0.387. The van der Waals surface area contributed by atoms with E-state index in [1.807, 2.05) is 0 Å². The second-order valence-corrected chi connectivity index (χ2v) is 4.68. The fourth-order valence-corrected chi connectivity index (χ4v) is 1.75. The lowest BCUT2D eigenvalue weighted by Gasteiger charge is -2.06. The molecule has 0 bridgehead atoms. The van der Waals surface area contributed by atoms with E-state index < -0.39 is 5.97 Å². The molecular formula is C12H14BrNO4. The predicted octanol–water partition coefficient (Wildman–Crippen LogP) is 2.14. The van der Waals surface area contributed by atoms with E-state index in [2.05, 4.69) is 21.2 Å². The number of halogens is 1. The molecule has 0 aromatic heterocycles. The highest BCUT2D eigenvalue weighted by atomic mass is 79.9. The van der Waals surface area contributed by atoms with E-state index in [4.69, 9.17) is 5.11 Å². The Kier molecular flexibility index (Phi) is 5.64. The van der Waals surface area contributed by atoms with E-state index >= 15 is 0 Å². The molecule has 0 aliphatic heterocycles.